The highest BCUT2D eigenvalue weighted by Gasteiger charge is 2.34. The predicted octanol–water partition coefficient (Wildman–Crippen LogP) is 2.04. The number of rotatable bonds is 5. The summed E-state index contributed by atoms with van der Waals surface area (Å²) in [5, 5.41) is 8.65. The van der Waals surface area contributed by atoms with Gasteiger partial charge in [-0.1, -0.05) is 18.2 Å². The largest absolute Gasteiger partial charge is 0.401 e. The van der Waals surface area contributed by atoms with Crippen LogP contribution in [0.1, 0.15) is 6.42 Å². The summed E-state index contributed by atoms with van der Waals surface area (Å²) in [6.45, 7) is -0.233. The Morgan fingerprint density at radius 2 is 2.00 bits per heavy atom. The van der Waals surface area contributed by atoms with Crippen LogP contribution in [0.15, 0.2) is 35.3 Å². The summed E-state index contributed by atoms with van der Waals surface area (Å²) in [6, 6.07) is 8.90. The lowest BCUT2D eigenvalue weighted by molar-refractivity contribution is -0.143. The molecule has 2 rings (SSSR count). The Morgan fingerprint density at radius 1 is 1.31 bits per heavy atom. The number of para-hydroxylation sites is 1. The number of aliphatic imine (C=N–C) groups is 1. The van der Waals surface area contributed by atoms with Crippen LogP contribution in [0.25, 0.3) is 0 Å². The third-order valence-corrected chi connectivity index (χ3v) is 3.71. The van der Waals surface area contributed by atoms with Crippen LogP contribution < -0.4 is 16.0 Å². The van der Waals surface area contributed by atoms with Gasteiger partial charge in [-0.2, -0.15) is 13.2 Å². The van der Waals surface area contributed by atoms with Crippen molar-refractivity contribution in [2.45, 2.75) is 18.6 Å². The molecule has 26 heavy (non-hydrogen) atoms. The zero-order valence-electron chi connectivity index (χ0n) is 14.3. The number of anilines is 1. The van der Waals surface area contributed by atoms with Crippen molar-refractivity contribution in [1.29, 1.82) is 0 Å². The molecule has 0 aromatic heterocycles. The summed E-state index contributed by atoms with van der Waals surface area (Å²) in [6.07, 6.45) is -3.60. The van der Waals surface area contributed by atoms with Gasteiger partial charge in [-0.05, 0) is 18.6 Å². The van der Waals surface area contributed by atoms with Crippen LogP contribution in [0.4, 0.5) is 18.9 Å². The van der Waals surface area contributed by atoms with Crippen molar-refractivity contribution in [3.8, 4) is 0 Å². The van der Waals surface area contributed by atoms with Crippen LogP contribution in [-0.4, -0.2) is 62.2 Å². The van der Waals surface area contributed by atoms with Gasteiger partial charge < -0.3 is 16.0 Å². The summed E-state index contributed by atoms with van der Waals surface area (Å²) >= 11 is 0. The van der Waals surface area contributed by atoms with E-state index in [1.807, 2.05) is 18.2 Å². The number of nitrogens with one attached hydrogen (secondary N) is 3. The Bertz CT molecular complexity index is 597. The second-order valence-electron chi connectivity index (χ2n) is 5.82. The summed E-state index contributed by atoms with van der Waals surface area (Å²) in [4.78, 5) is 17.2. The minimum atomic E-state index is -4.19. The average Bonchev–Trinajstić information content (AvgIpc) is 2.97. The zero-order chi connectivity index (χ0) is 18.3. The van der Waals surface area contributed by atoms with E-state index in [1.165, 1.54) is 4.90 Å². The van der Waals surface area contributed by atoms with Gasteiger partial charge >= 0.3 is 6.18 Å². The number of likely N-dealkylation sites (tertiary alicyclic amines) is 1. The summed E-state index contributed by atoms with van der Waals surface area (Å²) < 4.78 is 37.2. The Hall–Kier alpha value is -1.56. The fourth-order valence-electron chi connectivity index (χ4n) is 2.63. The highest BCUT2D eigenvalue weighted by atomic mass is 127. The summed E-state index contributed by atoms with van der Waals surface area (Å²) in [7, 11) is 1.55. The van der Waals surface area contributed by atoms with Crippen molar-refractivity contribution < 1.29 is 18.0 Å². The van der Waals surface area contributed by atoms with Crippen molar-refractivity contribution in [1.82, 2.24) is 15.5 Å². The van der Waals surface area contributed by atoms with E-state index in [9.17, 15) is 18.0 Å². The van der Waals surface area contributed by atoms with E-state index in [0.29, 0.717) is 24.6 Å². The monoisotopic (exact) mass is 485 g/mol. The van der Waals surface area contributed by atoms with Gasteiger partial charge in [0.2, 0.25) is 5.91 Å². The maximum absolute atomic E-state index is 12.4. The van der Waals surface area contributed by atoms with Gasteiger partial charge in [-0.15, -0.1) is 24.0 Å². The van der Waals surface area contributed by atoms with E-state index in [2.05, 4.69) is 20.9 Å². The van der Waals surface area contributed by atoms with E-state index >= 15 is 0 Å². The van der Waals surface area contributed by atoms with Crippen LogP contribution in [0.3, 0.4) is 0 Å². The van der Waals surface area contributed by atoms with Gasteiger partial charge in [0.05, 0.1) is 13.1 Å². The molecule has 1 aliphatic heterocycles. The quantitative estimate of drug-likeness (QED) is 0.340. The smallest absolute Gasteiger partial charge is 0.352 e. The number of carbonyl (C=O) groups excluding carboxylic acids is 1. The van der Waals surface area contributed by atoms with E-state index < -0.39 is 12.7 Å². The van der Waals surface area contributed by atoms with Crippen LogP contribution in [0.2, 0.25) is 0 Å². The molecule has 0 bridgehead atoms. The average molecular weight is 485 g/mol. The molecule has 1 heterocycles. The van der Waals surface area contributed by atoms with Crippen molar-refractivity contribution >= 4 is 41.5 Å². The molecule has 146 valence electrons. The number of hydrogen-bond acceptors (Lipinski definition) is 3. The Morgan fingerprint density at radius 3 is 2.62 bits per heavy atom. The van der Waals surface area contributed by atoms with Gasteiger partial charge in [-0.25, -0.2) is 0 Å². The highest BCUT2D eigenvalue weighted by molar-refractivity contribution is 14.0. The van der Waals surface area contributed by atoms with Gasteiger partial charge in [-0.3, -0.25) is 14.7 Å². The van der Waals surface area contributed by atoms with Gasteiger partial charge in [0.25, 0.3) is 0 Å². The summed E-state index contributed by atoms with van der Waals surface area (Å²) in [5.74, 6) is 0.154. The maximum atomic E-state index is 12.4. The van der Waals surface area contributed by atoms with Crippen LogP contribution in [0, 0.1) is 0 Å². The second-order valence-corrected chi connectivity index (χ2v) is 5.82. The SMILES string of the molecule is CN=C(NCC(=O)Nc1ccccc1)NC1CCN(CC(F)(F)F)C1.I. The number of hydrogen-bond donors (Lipinski definition) is 3. The van der Waals surface area contributed by atoms with Crippen LogP contribution in [-0.2, 0) is 4.79 Å². The topological polar surface area (TPSA) is 68.8 Å². The molecular formula is C16H23F3IN5O. The van der Waals surface area contributed by atoms with Crippen molar-refractivity contribution in [3.05, 3.63) is 30.3 Å². The first-order valence-corrected chi connectivity index (χ1v) is 7.97. The van der Waals surface area contributed by atoms with Gasteiger partial charge in [0.15, 0.2) is 5.96 Å². The first-order valence-electron chi connectivity index (χ1n) is 7.97. The number of amides is 1. The molecular weight excluding hydrogens is 462 g/mol. The second kappa shape index (κ2) is 10.6. The molecule has 1 atom stereocenters. The highest BCUT2D eigenvalue weighted by Crippen LogP contribution is 2.19. The Labute approximate surface area is 167 Å². The van der Waals surface area contributed by atoms with Crippen molar-refractivity contribution in [2.24, 2.45) is 4.99 Å². The number of guanidine groups is 1. The van der Waals surface area contributed by atoms with E-state index in [-0.39, 0.29) is 49.0 Å². The molecule has 3 N–H and O–H groups in total. The first-order chi connectivity index (χ1) is 11.9. The number of alkyl halides is 3. The molecule has 1 aliphatic rings. The number of benzene rings is 1. The molecule has 10 heteroatoms. The van der Waals surface area contributed by atoms with Gasteiger partial charge in [0, 0.05) is 31.9 Å². The molecule has 1 saturated heterocycles. The number of nitrogens with zero attached hydrogens (tertiary/aromatic N) is 2. The molecule has 6 nitrogen and oxygen atoms in total. The number of carbonyl (C=O) groups is 1. The Kier molecular flexibility index (Phi) is 9.13. The molecule has 0 spiro atoms. The molecule has 1 aromatic rings. The van der Waals surface area contributed by atoms with E-state index in [4.69, 9.17) is 0 Å². The van der Waals surface area contributed by atoms with Crippen LogP contribution >= 0.6 is 24.0 Å². The normalized spacial score (nSPS) is 18.2. The third kappa shape index (κ3) is 8.21. The first kappa shape index (κ1) is 22.5. The molecule has 1 fully saturated rings. The maximum Gasteiger partial charge on any atom is 0.401 e. The fourth-order valence-corrected chi connectivity index (χ4v) is 2.63. The predicted molar refractivity (Wildman–Crippen MR) is 106 cm³/mol. The third-order valence-electron chi connectivity index (χ3n) is 3.71. The number of halogens is 4. The molecule has 0 radical (unpaired) electrons. The molecule has 1 amide bonds. The molecule has 0 aliphatic carbocycles. The van der Waals surface area contributed by atoms with Crippen molar-refractivity contribution in [2.75, 3.05) is 38.5 Å². The minimum Gasteiger partial charge on any atom is -0.352 e. The van der Waals surface area contributed by atoms with E-state index in [1.54, 1.807) is 19.2 Å². The summed E-state index contributed by atoms with van der Waals surface area (Å²) in [5.41, 5.74) is 0.691. The molecule has 0 saturated carbocycles. The van der Waals surface area contributed by atoms with E-state index in [0.717, 1.165) is 0 Å². The Balaban J connectivity index is 0.00000338. The standard InChI is InChI=1S/C16H22F3N5O.HI/c1-20-15(21-9-14(25)22-12-5-3-2-4-6-12)23-13-7-8-24(10-13)11-16(17,18)19;/h2-6,13H,7-11H2,1H3,(H,22,25)(H2,20,21,23);1H. The fraction of sp³-hybridized carbons (Fsp3) is 0.500. The lowest BCUT2D eigenvalue weighted by Crippen LogP contribution is -2.47. The lowest BCUT2D eigenvalue weighted by atomic mass is 10.3. The molecule has 1 unspecified atom stereocenters. The van der Waals surface area contributed by atoms with Gasteiger partial charge in [0.1, 0.15) is 0 Å². The minimum absolute atomic E-state index is 0. The lowest BCUT2D eigenvalue weighted by Gasteiger charge is -2.19. The van der Waals surface area contributed by atoms with Crippen LogP contribution in [0.5, 0.6) is 0 Å². The zero-order valence-corrected chi connectivity index (χ0v) is 16.7. The van der Waals surface area contributed by atoms with Crippen molar-refractivity contribution in [3.63, 3.8) is 0 Å². The molecule has 1 aromatic carbocycles.